The quantitative estimate of drug-likeness (QED) is 0.151. The van der Waals surface area contributed by atoms with Crippen LogP contribution in [0.1, 0.15) is 16.7 Å². The second kappa shape index (κ2) is 13.6. The molecule has 5 amide bonds. The molecule has 0 spiro atoms. The van der Waals surface area contributed by atoms with Crippen molar-refractivity contribution in [2.75, 3.05) is 16.8 Å². The summed E-state index contributed by atoms with van der Waals surface area (Å²) in [7, 11) is 0. The minimum Gasteiger partial charge on any atom is -0.489 e. The number of hydrogen-bond donors (Lipinski definition) is 2. The third-order valence-electron chi connectivity index (χ3n) is 6.53. The first-order valence-electron chi connectivity index (χ1n) is 13.3. The molecule has 4 aromatic carbocycles. The Morgan fingerprint density at radius 1 is 0.955 bits per heavy atom. The number of imide groups is 2. The van der Waals surface area contributed by atoms with Crippen molar-refractivity contribution in [1.29, 1.82) is 0 Å². The number of anilines is 2. The molecule has 1 aliphatic rings. The highest BCUT2D eigenvalue weighted by Gasteiger charge is 2.37. The van der Waals surface area contributed by atoms with Crippen LogP contribution in [0, 0.1) is 6.92 Å². The third kappa shape index (κ3) is 7.34. The molecule has 1 saturated heterocycles. The van der Waals surface area contributed by atoms with Gasteiger partial charge in [-0.3, -0.25) is 19.7 Å². The highest BCUT2D eigenvalue weighted by atomic mass is 79.9. The Morgan fingerprint density at radius 2 is 1.70 bits per heavy atom. The Morgan fingerprint density at radius 3 is 2.43 bits per heavy atom. The topological polar surface area (TPSA) is 114 Å². The number of barbiturate groups is 1. The molecule has 0 aliphatic carbocycles. The smallest absolute Gasteiger partial charge is 0.335 e. The lowest BCUT2D eigenvalue weighted by Crippen LogP contribution is -2.54. The fraction of sp³-hybridized carbons (Fsp3) is 0.0909. The molecule has 222 valence electrons. The van der Waals surface area contributed by atoms with Crippen LogP contribution in [0.3, 0.4) is 0 Å². The maximum atomic E-state index is 13.5. The second-order valence-electron chi connectivity index (χ2n) is 9.71. The van der Waals surface area contributed by atoms with E-state index in [-0.39, 0.29) is 23.6 Å². The monoisotopic (exact) mass is 673 g/mol. The number of carbonyl (C=O) groups excluding carboxylic acids is 4. The number of halogens is 2. The lowest BCUT2D eigenvalue weighted by atomic mass is 10.1. The van der Waals surface area contributed by atoms with Gasteiger partial charge in [-0.05, 0) is 78.7 Å². The van der Waals surface area contributed by atoms with Crippen LogP contribution in [-0.2, 0) is 21.0 Å². The van der Waals surface area contributed by atoms with Crippen molar-refractivity contribution < 1.29 is 28.7 Å². The van der Waals surface area contributed by atoms with Crippen LogP contribution in [0.5, 0.6) is 11.5 Å². The molecule has 4 aromatic rings. The van der Waals surface area contributed by atoms with Crippen LogP contribution in [0.2, 0.25) is 5.02 Å². The zero-order chi connectivity index (χ0) is 31.2. The standard InChI is InChI=1S/C33H25BrClN3O6/c1-20-7-9-24(17-28(20)35)36-30(39)19-44-29-14-8-23(34)15-22(29)16-27-31(40)37-33(42)38(32(27)41)25-10-12-26(13-11-25)43-18-21-5-3-2-4-6-21/h2-17H,18-19H2,1H3,(H,36,39)(H,37,40,42)/b27-16-. The number of rotatable bonds is 9. The molecule has 9 nitrogen and oxygen atoms in total. The summed E-state index contributed by atoms with van der Waals surface area (Å²) in [5.41, 5.74) is 2.66. The van der Waals surface area contributed by atoms with Crippen LogP contribution >= 0.6 is 27.5 Å². The van der Waals surface area contributed by atoms with Gasteiger partial charge in [0.2, 0.25) is 0 Å². The van der Waals surface area contributed by atoms with Crippen LogP contribution in [0.4, 0.5) is 16.2 Å². The summed E-state index contributed by atoms with van der Waals surface area (Å²) in [4.78, 5) is 52.4. The Labute approximate surface area is 266 Å². The number of ether oxygens (including phenoxy) is 2. The van der Waals surface area contributed by atoms with Crippen molar-refractivity contribution >= 4 is 68.7 Å². The average Bonchev–Trinajstić information content (AvgIpc) is 3.00. The average molecular weight is 675 g/mol. The number of benzene rings is 4. The molecule has 11 heteroatoms. The predicted molar refractivity (Wildman–Crippen MR) is 171 cm³/mol. The van der Waals surface area contributed by atoms with Crippen LogP contribution in [0.15, 0.2) is 101 Å². The lowest BCUT2D eigenvalue weighted by molar-refractivity contribution is -0.122. The summed E-state index contributed by atoms with van der Waals surface area (Å²) in [6.45, 7) is 1.85. The molecule has 0 unspecified atom stereocenters. The third-order valence-corrected chi connectivity index (χ3v) is 7.43. The van der Waals surface area contributed by atoms with Crippen molar-refractivity contribution in [3.8, 4) is 11.5 Å². The Bertz CT molecular complexity index is 1780. The van der Waals surface area contributed by atoms with Crippen LogP contribution in [-0.4, -0.2) is 30.4 Å². The molecule has 1 aliphatic heterocycles. The minimum atomic E-state index is -0.881. The maximum absolute atomic E-state index is 13.5. The van der Waals surface area contributed by atoms with E-state index in [1.165, 1.54) is 6.08 Å². The number of carbonyl (C=O) groups is 4. The normalized spacial score (nSPS) is 13.9. The Hall–Kier alpha value is -4.93. The number of hydrogen-bond acceptors (Lipinski definition) is 6. The van der Waals surface area contributed by atoms with Gasteiger partial charge in [0, 0.05) is 20.7 Å². The molecular weight excluding hydrogens is 650 g/mol. The van der Waals surface area contributed by atoms with Gasteiger partial charge in [0.1, 0.15) is 23.7 Å². The van der Waals surface area contributed by atoms with Crippen LogP contribution < -0.4 is 25.0 Å². The van der Waals surface area contributed by atoms with E-state index < -0.39 is 23.8 Å². The van der Waals surface area contributed by atoms with Gasteiger partial charge in [0.15, 0.2) is 6.61 Å². The van der Waals surface area contributed by atoms with Gasteiger partial charge >= 0.3 is 6.03 Å². The largest absolute Gasteiger partial charge is 0.489 e. The maximum Gasteiger partial charge on any atom is 0.335 e. The predicted octanol–water partition coefficient (Wildman–Crippen LogP) is 6.67. The summed E-state index contributed by atoms with van der Waals surface area (Å²) in [5, 5.41) is 5.44. The van der Waals surface area contributed by atoms with Gasteiger partial charge < -0.3 is 14.8 Å². The molecular formula is C33H25BrClN3O6. The van der Waals surface area contributed by atoms with E-state index >= 15 is 0 Å². The minimum absolute atomic E-state index is 0.238. The summed E-state index contributed by atoms with van der Waals surface area (Å²) in [6, 6.07) is 25.2. The van der Waals surface area contributed by atoms with Gasteiger partial charge in [-0.2, -0.15) is 0 Å². The summed E-state index contributed by atoms with van der Waals surface area (Å²) in [5.74, 6) is -1.34. The molecule has 0 bridgehead atoms. The molecule has 0 aromatic heterocycles. The lowest BCUT2D eigenvalue weighted by Gasteiger charge is -2.26. The molecule has 2 N–H and O–H groups in total. The molecule has 0 saturated carbocycles. The zero-order valence-corrected chi connectivity index (χ0v) is 25.6. The SMILES string of the molecule is Cc1ccc(NC(=O)COc2ccc(Br)cc2/C=C2/C(=O)NC(=O)N(c3ccc(OCc4ccccc4)cc3)C2=O)cc1Cl. The van der Waals surface area contributed by atoms with E-state index in [1.54, 1.807) is 60.7 Å². The van der Waals surface area contributed by atoms with E-state index in [0.29, 0.717) is 33.1 Å². The van der Waals surface area contributed by atoms with Crippen molar-refractivity contribution in [1.82, 2.24) is 5.32 Å². The first kappa shape index (κ1) is 30.5. The van der Waals surface area contributed by atoms with E-state index in [0.717, 1.165) is 16.0 Å². The van der Waals surface area contributed by atoms with Crippen molar-refractivity contribution in [2.45, 2.75) is 13.5 Å². The van der Waals surface area contributed by atoms with E-state index in [1.807, 2.05) is 37.3 Å². The molecule has 0 atom stereocenters. The fourth-order valence-corrected chi connectivity index (χ4v) is 4.81. The molecule has 0 radical (unpaired) electrons. The van der Waals surface area contributed by atoms with E-state index in [9.17, 15) is 19.2 Å². The van der Waals surface area contributed by atoms with Gasteiger partial charge in [0.25, 0.3) is 17.7 Å². The van der Waals surface area contributed by atoms with Crippen molar-refractivity contribution in [3.63, 3.8) is 0 Å². The Balaban J connectivity index is 1.31. The molecule has 44 heavy (non-hydrogen) atoms. The molecule has 5 rings (SSSR count). The Kier molecular flexibility index (Phi) is 9.42. The number of nitrogens with one attached hydrogen (secondary N) is 2. The summed E-state index contributed by atoms with van der Waals surface area (Å²) >= 11 is 9.52. The number of urea groups is 1. The number of amides is 5. The van der Waals surface area contributed by atoms with E-state index in [2.05, 4.69) is 26.6 Å². The van der Waals surface area contributed by atoms with Gasteiger partial charge in [-0.15, -0.1) is 0 Å². The van der Waals surface area contributed by atoms with Crippen LogP contribution in [0.25, 0.3) is 6.08 Å². The van der Waals surface area contributed by atoms with Crippen molar-refractivity contribution in [3.05, 3.63) is 123 Å². The van der Waals surface area contributed by atoms with Gasteiger partial charge in [-0.1, -0.05) is 63.9 Å². The highest BCUT2D eigenvalue weighted by Crippen LogP contribution is 2.29. The number of aryl methyl sites for hydroxylation is 1. The molecule has 1 fully saturated rings. The summed E-state index contributed by atoms with van der Waals surface area (Å²) < 4.78 is 12.2. The summed E-state index contributed by atoms with van der Waals surface area (Å²) in [6.07, 6.45) is 1.31. The van der Waals surface area contributed by atoms with Gasteiger partial charge in [-0.25, -0.2) is 9.69 Å². The van der Waals surface area contributed by atoms with E-state index in [4.69, 9.17) is 21.1 Å². The first-order chi connectivity index (χ1) is 21.2. The van der Waals surface area contributed by atoms with Crippen molar-refractivity contribution in [2.24, 2.45) is 0 Å². The second-order valence-corrected chi connectivity index (χ2v) is 11.0. The van der Waals surface area contributed by atoms with Gasteiger partial charge in [0.05, 0.1) is 5.69 Å². The zero-order valence-electron chi connectivity index (χ0n) is 23.3. The first-order valence-corrected chi connectivity index (χ1v) is 14.5. The highest BCUT2D eigenvalue weighted by molar-refractivity contribution is 9.10. The fourth-order valence-electron chi connectivity index (χ4n) is 4.25. The number of nitrogens with zero attached hydrogens (tertiary/aromatic N) is 1. The molecule has 1 heterocycles.